The molecule has 3 aromatic rings. The zero-order valence-corrected chi connectivity index (χ0v) is 8.38. The fourth-order valence-corrected chi connectivity index (χ4v) is 1.55. The lowest BCUT2D eigenvalue weighted by molar-refractivity contribution is 1.22. The van der Waals surface area contributed by atoms with Gasteiger partial charge in [0.15, 0.2) is 5.65 Å². The van der Waals surface area contributed by atoms with Crippen LogP contribution in [0.2, 0.25) is 0 Å². The topological polar surface area (TPSA) is 80.5 Å². The number of benzene rings is 1. The van der Waals surface area contributed by atoms with E-state index in [1.165, 1.54) is 0 Å². The maximum Gasteiger partial charge on any atom is 0.222 e. The first-order valence-corrected chi connectivity index (χ1v) is 4.86. The molecule has 0 aliphatic rings. The lowest BCUT2D eigenvalue weighted by Gasteiger charge is -1.92. The van der Waals surface area contributed by atoms with Crippen LogP contribution in [0.4, 0.5) is 5.95 Å². The van der Waals surface area contributed by atoms with Gasteiger partial charge in [0.2, 0.25) is 5.95 Å². The highest BCUT2D eigenvalue weighted by Crippen LogP contribution is 2.18. The lowest BCUT2D eigenvalue weighted by atomic mass is 10.2. The average molecular weight is 211 g/mol. The minimum absolute atomic E-state index is 0.235. The van der Waals surface area contributed by atoms with Gasteiger partial charge in [-0.05, 0) is 0 Å². The van der Waals surface area contributed by atoms with Crippen LogP contribution < -0.4 is 5.73 Å². The van der Waals surface area contributed by atoms with Crippen molar-refractivity contribution in [2.45, 2.75) is 0 Å². The third-order valence-corrected chi connectivity index (χ3v) is 2.31. The third kappa shape index (κ3) is 1.38. The summed E-state index contributed by atoms with van der Waals surface area (Å²) in [5.74, 6) is 1.01. The molecule has 16 heavy (non-hydrogen) atoms. The smallest absolute Gasteiger partial charge is 0.222 e. The van der Waals surface area contributed by atoms with Crippen LogP contribution in [0.1, 0.15) is 0 Å². The molecule has 0 unspecified atom stereocenters. The molecular formula is C11H9N5. The van der Waals surface area contributed by atoms with Crippen LogP contribution in [0.3, 0.4) is 0 Å². The second kappa shape index (κ2) is 3.30. The summed E-state index contributed by atoms with van der Waals surface area (Å²) in [5, 5.41) is 0. The van der Waals surface area contributed by atoms with Crippen LogP contribution in [0.15, 0.2) is 36.5 Å². The van der Waals surface area contributed by atoms with Crippen molar-refractivity contribution in [1.29, 1.82) is 0 Å². The van der Waals surface area contributed by atoms with E-state index in [1.807, 2.05) is 30.3 Å². The average Bonchev–Trinajstić information content (AvgIpc) is 2.73. The summed E-state index contributed by atoms with van der Waals surface area (Å²) >= 11 is 0. The van der Waals surface area contributed by atoms with Gasteiger partial charge in [-0.2, -0.15) is 4.98 Å². The molecule has 0 aliphatic heterocycles. The third-order valence-electron chi connectivity index (χ3n) is 2.31. The highest BCUT2D eigenvalue weighted by Gasteiger charge is 2.06. The molecule has 2 aromatic heterocycles. The van der Waals surface area contributed by atoms with Gasteiger partial charge in [-0.15, -0.1) is 0 Å². The van der Waals surface area contributed by atoms with Crippen LogP contribution >= 0.6 is 0 Å². The Morgan fingerprint density at radius 2 is 1.88 bits per heavy atom. The van der Waals surface area contributed by atoms with Gasteiger partial charge in [-0.25, -0.2) is 9.97 Å². The van der Waals surface area contributed by atoms with Crippen molar-refractivity contribution in [3.05, 3.63) is 36.5 Å². The molecule has 1 aromatic carbocycles. The van der Waals surface area contributed by atoms with E-state index in [-0.39, 0.29) is 5.95 Å². The highest BCUT2D eigenvalue weighted by atomic mass is 15.1. The fraction of sp³-hybridized carbons (Fsp3) is 0. The van der Waals surface area contributed by atoms with E-state index in [4.69, 9.17) is 5.73 Å². The minimum atomic E-state index is 0.235. The zero-order chi connectivity index (χ0) is 11.0. The second-order valence-electron chi connectivity index (χ2n) is 3.42. The van der Waals surface area contributed by atoms with Crippen molar-refractivity contribution in [2.75, 3.05) is 5.73 Å². The molecule has 0 saturated heterocycles. The summed E-state index contributed by atoms with van der Waals surface area (Å²) in [4.78, 5) is 15.5. The maximum atomic E-state index is 5.50. The van der Waals surface area contributed by atoms with Crippen LogP contribution in [0.5, 0.6) is 0 Å². The second-order valence-corrected chi connectivity index (χ2v) is 3.42. The number of aromatic nitrogens is 4. The largest absolute Gasteiger partial charge is 0.368 e. The first-order chi connectivity index (χ1) is 7.83. The van der Waals surface area contributed by atoms with Gasteiger partial charge >= 0.3 is 0 Å². The Labute approximate surface area is 91.4 Å². The number of fused-ring (bicyclic) bond motifs is 1. The number of aromatic amines is 1. The first kappa shape index (κ1) is 8.84. The van der Waals surface area contributed by atoms with Crippen LogP contribution in [-0.4, -0.2) is 19.9 Å². The fourth-order valence-electron chi connectivity index (χ4n) is 1.55. The Morgan fingerprint density at radius 3 is 2.69 bits per heavy atom. The van der Waals surface area contributed by atoms with Gasteiger partial charge in [0.05, 0.1) is 6.20 Å². The number of hydrogen-bond acceptors (Lipinski definition) is 4. The molecule has 5 nitrogen and oxygen atoms in total. The number of anilines is 1. The van der Waals surface area contributed by atoms with E-state index in [0.29, 0.717) is 5.65 Å². The van der Waals surface area contributed by atoms with E-state index in [1.54, 1.807) is 6.20 Å². The number of nitrogens with one attached hydrogen (secondary N) is 1. The molecule has 3 N–H and O–H groups in total. The number of nitrogens with zero attached hydrogens (tertiary/aromatic N) is 3. The van der Waals surface area contributed by atoms with Crippen molar-refractivity contribution < 1.29 is 0 Å². The van der Waals surface area contributed by atoms with E-state index in [9.17, 15) is 0 Å². The van der Waals surface area contributed by atoms with Crippen molar-refractivity contribution in [1.82, 2.24) is 19.9 Å². The Kier molecular flexibility index (Phi) is 1.83. The lowest BCUT2D eigenvalue weighted by Crippen LogP contribution is -1.93. The molecular weight excluding hydrogens is 202 g/mol. The van der Waals surface area contributed by atoms with E-state index < -0.39 is 0 Å². The van der Waals surface area contributed by atoms with Gasteiger partial charge < -0.3 is 10.7 Å². The van der Waals surface area contributed by atoms with Gasteiger partial charge in [0, 0.05) is 5.56 Å². The summed E-state index contributed by atoms with van der Waals surface area (Å²) in [7, 11) is 0. The number of hydrogen-bond donors (Lipinski definition) is 2. The van der Waals surface area contributed by atoms with Crippen molar-refractivity contribution in [3.63, 3.8) is 0 Å². The number of imidazole rings is 1. The quantitative estimate of drug-likeness (QED) is 0.640. The number of H-pyrrole nitrogens is 1. The Morgan fingerprint density at radius 1 is 1.06 bits per heavy atom. The molecule has 0 spiro atoms. The molecule has 0 saturated carbocycles. The molecule has 0 aliphatic carbocycles. The minimum Gasteiger partial charge on any atom is -0.368 e. The molecule has 0 bridgehead atoms. The summed E-state index contributed by atoms with van der Waals surface area (Å²) in [6.45, 7) is 0. The SMILES string of the molecule is Nc1ncc2[nH]c(-c3ccccc3)nc2n1. The normalized spacial score (nSPS) is 10.8. The maximum absolute atomic E-state index is 5.50. The molecule has 0 radical (unpaired) electrons. The van der Waals surface area contributed by atoms with Crippen LogP contribution in [0.25, 0.3) is 22.6 Å². The van der Waals surface area contributed by atoms with Gasteiger partial charge in [-0.3, -0.25) is 0 Å². The van der Waals surface area contributed by atoms with E-state index in [2.05, 4.69) is 19.9 Å². The summed E-state index contributed by atoms with van der Waals surface area (Å²) in [5.41, 5.74) is 7.88. The Balaban J connectivity index is 2.19. The molecule has 0 atom stereocenters. The monoisotopic (exact) mass is 211 g/mol. The van der Waals surface area contributed by atoms with E-state index >= 15 is 0 Å². The van der Waals surface area contributed by atoms with Crippen molar-refractivity contribution >= 4 is 17.1 Å². The van der Waals surface area contributed by atoms with Crippen molar-refractivity contribution in [3.8, 4) is 11.4 Å². The molecule has 0 fully saturated rings. The molecule has 0 amide bonds. The molecule has 5 heteroatoms. The number of nitrogens with two attached hydrogens (primary N) is 1. The molecule has 78 valence electrons. The Hall–Kier alpha value is -2.43. The summed E-state index contributed by atoms with van der Waals surface area (Å²) in [6, 6.07) is 9.85. The van der Waals surface area contributed by atoms with E-state index in [0.717, 1.165) is 16.9 Å². The van der Waals surface area contributed by atoms with Crippen molar-refractivity contribution in [2.24, 2.45) is 0 Å². The van der Waals surface area contributed by atoms with Gasteiger partial charge in [0.25, 0.3) is 0 Å². The Bertz CT molecular complexity index is 629. The zero-order valence-electron chi connectivity index (χ0n) is 8.38. The number of nitrogen functional groups attached to an aromatic ring is 1. The van der Waals surface area contributed by atoms with Gasteiger partial charge in [0.1, 0.15) is 11.3 Å². The van der Waals surface area contributed by atoms with Crippen LogP contribution in [0, 0.1) is 0 Å². The molecule has 3 rings (SSSR count). The predicted octanol–water partition coefficient (Wildman–Crippen LogP) is 1.60. The first-order valence-electron chi connectivity index (χ1n) is 4.86. The standard InChI is InChI=1S/C11H9N5/c12-11-13-6-8-10(16-11)15-9(14-8)7-4-2-1-3-5-7/h1-6H,(H3,12,13,14,15,16). The molecule has 2 heterocycles. The predicted molar refractivity (Wildman–Crippen MR) is 61.5 cm³/mol. The highest BCUT2D eigenvalue weighted by molar-refractivity contribution is 5.75. The summed E-state index contributed by atoms with van der Waals surface area (Å²) in [6.07, 6.45) is 1.64. The number of rotatable bonds is 1. The summed E-state index contributed by atoms with van der Waals surface area (Å²) < 4.78 is 0. The van der Waals surface area contributed by atoms with Gasteiger partial charge in [-0.1, -0.05) is 30.3 Å². The van der Waals surface area contributed by atoms with Crippen LogP contribution in [-0.2, 0) is 0 Å².